The molecule has 174 valence electrons. The van der Waals surface area contributed by atoms with Crippen LogP contribution in [0.2, 0.25) is 0 Å². The van der Waals surface area contributed by atoms with E-state index < -0.39 is 10.0 Å². The molecule has 0 spiro atoms. The van der Waals surface area contributed by atoms with Gasteiger partial charge in [-0.05, 0) is 54.2 Å². The van der Waals surface area contributed by atoms with Crippen LogP contribution in [0.1, 0.15) is 35.1 Å². The fourth-order valence-electron chi connectivity index (χ4n) is 4.34. The van der Waals surface area contributed by atoms with Gasteiger partial charge in [0, 0.05) is 13.0 Å². The summed E-state index contributed by atoms with van der Waals surface area (Å²) in [5, 5.41) is 8.97. The lowest BCUT2D eigenvalue weighted by Gasteiger charge is -2.35. The Morgan fingerprint density at radius 1 is 1.00 bits per heavy atom. The maximum atomic E-state index is 13.3. The van der Waals surface area contributed by atoms with Crippen LogP contribution in [-0.4, -0.2) is 27.1 Å². The largest absolute Gasteiger partial charge is 0.310 e. The number of nitrogens with zero attached hydrogens (tertiary/aromatic N) is 3. The van der Waals surface area contributed by atoms with Crippen molar-refractivity contribution in [3.63, 3.8) is 0 Å². The molecule has 0 saturated carbocycles. The molecule has 1 aliphatic heterocycles. The maximum absolute atomic E-state index is 13.3. The van der Waals surface area contributed by atoms with E-state index in [4.69, 9.17) is 5.26 Å². The van der Waals surface area contributed by atoms with Crippen molar-refractivity contribution in [1.82, 2.24) is 0 Å². The molecular weight excluding hydrogens is 446 g/mol. The molecule has 1 amide bonds. The minimum Gasteiger partial charge on any atom is -0.310 e. The second-order valence-electron chi connectivity index (χ2n) is 8.50. The van der Waals surface area contributed by atoms with Gasteiger partial charge in [0.2, 0.25) is 15.9 Å². The summed E-state index contributed by atoms with van der Waals surface area (Å²) in [6, 6.07) is 24.4. The molecule has 0 fully saturated rings. The van der Waals surface area contributed by atoms with Gasteiger partial charge in [-0.15, -0.1) is 0 Å². The molecular formula is C27H27N3O3S. The first-order valence-corrected chi connectivity index (χ1v) is 13.1. The van der Waals surface area contributed by atoms with Crippen LogP contribution in [-0.2, 0) is 34.2 Å². The van der Waals surface area contributed by atoms with Gasteiger partial charge in [0.25, 0.3) is 0 Å². The fraction of sp³-hybridized carbons (Fsp3) is 0.259. The fourth-order valence-corrected chi connectivity index (χ4v) is 5.23. The first kappa shape index (κ1) is 23.5. The van der Waals surface area contributed by atoms with Crippen LogP contribution in [0, 0.1) is 11.3 Å². The Balaban J connectivity index is 1.64. The highest BCUT2D eigenvalue weighted by Gasteiger charge is 2.30. The number of anilines is 2. The van der Waals surface area contributed by atoms with Crippen molar-refractivity contribution in [2.24, 2.45) is 0 Å². The first-order valence-electron chi connectivity index (χ1n) is 11.3. The highest BCUT2D eigenvalue weighted by atomic mass is 32.2. The quantitative estimate of drug-likeness (QED) is 0.508. The minimum absolute atomic E-state index is 0.0362. The molecule has 0 unspecified atom stereocenters. The van der Waals surface area contributed by atoms with E-state index in [1.165, 1.54) is 10.6 Å². The number of aryl methyl sites for hydroxylation is 2. The summed E-state index contributed by atoms with van der Waals surface area (Å²) < 4.78 is 27.1. The van der Waals surface area contributed by atoms with Crippen molar-refractivity contribution >= 4 is 27.3 Å². The molecule has 3 aromatic carbocycles. The number of carbonyl (C=O) groups excluding carboxylic acids is 1. The lowest BCUT2D eigenvalue weighted by molar-refractivity contribution is -0.118. The van der Waals surface area contributed by atoms with Crippen LogP contribution in [0.25, 0.3) is 0 Å². The predicted octanol–water partition coefficient (Wildman–Crippen LogP) is 4.44. The summed E-state index contributed by atoms with van der Waals surface area (Å²) in [7, 11) is -3.59. The smallest absolute Gasteiger partial charge is 0.232 e. The number of amides is 1. The van der Waals surface area contributed by atoms with Gasteiger partial charge in [0.05, 0.1) is 35.8 Å². The number of para-hydroxylation sites is 1. The molecule has 0 bridgehead atoms. The molecule has 0 aromatic heterocycles. The van der Waals surface area contributed by atoms with Gasteiger partial charge in [-0.2, -0.15) is 5.26 Å². The molecule has 0 aliphatic carbocycles. The van der Waals surface area contributed by atoms with Crippen LogP contribution in [0.3, 0.4) is 0 Å². The van der Waals surface area contributed by atoms with Crippen LogP contribution in [0.5, 0.6) is 0 Å². The van der Waals surface area contributed by atoms with Crippen LogP contribution in [0.4, 0.5) is 11.4 Å². The lowest BCUT2D eigenvalue weighted by Crippen LogP contribution is -2.38. The van der Waals surface area contributed by atoms with Crippen molar-refractivity contribution in [3.8, 4) is 6.07 Å². The SMILES string of the molecule is CS(=O)(=O)N(Cc1ccccc1)c1cccc2c1N(C(=O)CCc1ccc(C#N)cc1)CCC2. The van der Waals surface area contributed by atoms with Gasteiger partial charge < -0.3 is 4.90 Å². The predicted molar refractivity (Wildman–Crippen MR) is 134 cm³/mol. The van der Waals surface area contributed by atoms with Gasteiger partial charge in [-0.3, -0.25) is 9.10 Å². The minimum atomic E-state index is -3.59. The Labute approximate surface area is 201 Å². The molecule has 1 aliphatic rings. The molecule has 1 heterocycles. The number of rotatable bonds is 7. The Morgan fingerprint density at radius 3 is 2.41 bits per heavy atom. The summed E-state index contributed by atoms with van der Waals surface area (Å²) in [6.07, 6.45) is 3.69. The average Bonchev–Trinajstić information content (AvgIpc) is 2.85. The van der Waals surface area contributed by atoms with E-state index in [0.717, 1.165) is 29.5 Å². The molecule has 34 heavy (non-hydrogen) atoms. The van der Waals surface area contributed by atoms with Crippen LogP contribution in [0.15, 0.2) is 72.8 Å². The Morgan fingerprint density at radius 2 is 1.74 bits per heavy atom. The molecule has 3 aromatic rings. The third kappa shape index (κ3) is 5.29. The van der Waals surface area contributed by atoms with Crippen molar-refractivity contribution in [3.05, 3.63) is 95.1 Å². The zero-order valence-electron chi connectivity index (χ0n) is 19.1. The summed E-state index contributed by atoms with van der Waals surface area (Å²) in [5.74, 6) is -0.0362. The highest BCUT2D eigenvalue weighted by molar-refractivity contribution is 7.92. The maximum Gasteiger partial charge on any atom is 0.232 e. The zero-order chi connectivity index (χ0) is 24.1. The van der Waals surface area contributed by atoms with Crippen LogP contribution < -0.4 is 9.21 Å². The average molecular weight is 474 g/mol. The molecule has 7 heteroatoms. The molecule has 0 atom stereocenters. The number of hydrogen-bond donors (Lipinski definition) is 0. The first-order chi connectivity index (χ1) is 16.4. The highest BCUT2D eigenvalue weighted by Crippen LogP contribution is 2.39. The Bertz CT molecular complexity index is 1310. The third-order valence-electron chi connectivity index (χ3n) is 6.05. The van der Waals surface area contributed by atoms with E-state index in [1.54, 1.807) is 23.1 Å². The van der Waals surface area contributed by atoms with Crippen molar-refractivity contribution < 1.29 is 13.2 Å². The van der Waals surface area contributed by atoms with E-state index in [1.807, 2.05) is 54.6 Å². The molecule has 0 radical (unpaired) electrons. The Kier molecular flexibility index (Phi) is 6.99. The molecule has 6 nitrogen and oxygen atoms in total. The molecule has 4 rings (SSSR count). The number of benzene rings is 3. The molecule has 0 N–H and O–H groups in total. The van der Waals surface area contributed by atoms with Gasteiger partial charge in [0.1, 0.15) is 0 Å². The van der Waals surface area contributed by atoms with Gasteiger partial charge >= 0.3 is 0 Å². The van der Waals surface area contributed by atoms with Crippen molar-refractivity contribution in [1.29, 1.82) is 5.26 Å². The van der Waals surface area contributed by atoms with Gasteiger partial charge in [-0.25, -0.2) is 8.42 Å². The zero-order valence-corrected chi connectivity index (χ0v) is 20.0. The van der Waals surface area contributed by atoms with Gasteiger partial charge in [-0.1, -0.05) is 54.6 Å². The number of nitriles is 1. The lowest BCUT2D eigenvalue weighted by atomic mass is 9.99. The second kappa shape index (κ2) is 10.1. The van der Waals surface area contributed by atoms with Crippen molar-refractivity contribution in [2.45, 2.75) is 32.2 Å². The number of sulfonamides is 1. The normalized spacial score (nSPS) is 13.1. The third-order valence-corrected chi connectivity index (χ3v) is 7.17. The summed E-state index contributed by atoms with van der Waals surface area (Å²) in [5.41, 5.74) is 4.66. The van der Waals surface area contributed by atoms with Crippen LogP contribution >= 0.6 is 0 Å². The van der Waals surface area contributed by atoms with E-state index in [-0.39, 0.29) is 12.5 Å². The topological polar surface area (TPSA) is 81.5 Å². The van der Waals surface area contributed by atoms with Gasteiger partial charge in [0.15, 0.2) is 0 Å². The standard InChI is InChI=1S/C27H27N3O3S/c1-34(32,33)30(20-23-7-3-2-4-8-23)25-11-5-9-24-10-6-18-29(27(24)25)26(31)17-16-21-12-14-22(19-28)15-13-21/h2-5,7-9,11-15H,6,10,16-18,20H2,1H3. The summed E-state index contributed by atoms with van der Waals surface area (Å²) in [6.45, 7) is 0.753. The van der Waals surface area contributed by atoms with E-state index in [2.05, 4.69) is 6.07 Å². The Hall–Kier alpha value is -3.63. The second-order valence-corrected chi connectivity index (χ2v) is 10.4. The number of carbonyl (C=O) groups is 1. The van der Waals surface area contributed by atoms with E-state index >= 15 is 0 Å². The van der Waals surface area contributed by atoms with E-state index in [0.29, 0.717) is 36.3 Å². The monoisotopic (exact) mass is 473 g/mol. The summed E-state index contributed by atoms with van der Waals surface area (Å²) >= 11 is 0. The molecule has 0 saturated heterocycles. The number of fused-ring (bicyclic) bond motifs is 1. The van der Waals surface area contributed by atoms with E-state index in [9.17, 15) is 13.2 Å². The number of hydrogen-bond acceptors (Lipinski definition) is 4. The van der Waals surface area contributed by atoms with Crippen molar-refractivity contribution in [2.75, 3.05) is 22.0 Å². The summed E-state index contributed by atoms with van der Waals surface area (Å²) in [4.78, 5) is 15.1.